The molecule has 6 nitrogen and oxygen atoms in total. The fourth-order valence-corrected chi connectivity index (χ4v) is 2.47. The summed E-state index contributed by atoms with van der Waals surface area (Å²) in [5, 5.41) is 0.176. The zero-order chi connectivity index (χ0) is 19.9. The minimum Gasteiger partial charge on any atom is -0.492 e. The molecule has 0 amide bonds. The molecule has 0 saturated heterocycles. The molecule has 3 aromatic rings. The van der Waals surface area contributed by atoms with Gasteiger partial charge in [0.1, 0.15) is 22.3 Å². The molecule has 0 saturated carbocycles. The minimum absolute atomic E-state index is 0.0846. The van der Waals surface area contributed by atoms with Gasteiger partial charge in [-0.15, -0.1) is 0 Å². The number of nitrogens with one attached hydrogen (secondary N) is 2. The van der Waals surface area contributed by atoms with Gasteiger partial charge in [0, 0.05) is 0 Å². The summed E-state index contributed by atoms with van der Waals surface area (Å²) in [6, 6.07) is 9.06. The minimum atomic E-state index is -0.463. The predicted octanol–water partition coefficient (Wildman–Crippen LogP) is 1.43. The van der Waals surface area contributed by atoms with Crippen LogP contribution in [-0.2, 0) is 0 Å². The predicted molar refractivity (Wildman–Crippen MR) is 105 cm³/mol. The molecule has 28 heavy (non-hydrogen) atoms. The average molecular weight is 381 g/mol. The van der Waals surface area contributed by atoms with Crippen molar-refractivity contribution in [2.45, 2.75) is 19.8 Å². The van der Waals surface area contributed by atoms with Crippen molar-refractivity contribution in [1.29, 1.82) is 0 Å². The van der Waals surface area contributed by atoms with Crippen LogP contribution in [-0.4, -0.2) is 21.6 Å². The summed E-state index contributed by atoms with van der Waals surface area (Å²) in [5.41, 5.74) is 0.187. The lowest BCUT2D eigenvalue weighted by Gasteiger charge is -2.04. The van der Waals surface area contributed by atoms with E-state index in [-0.39, 0.29) is 16.5 Å². The molecule has 0 aliphatic rings. The second kappa shape index (κ2) is 8.94. The topological polar surface area (TPSA) is 87.8 Å². The molecule has 0 atom stereocenters. The number of H-pyrrole nitrogens is 2. The second-order valence-electron chi connectivity index (χ2n) is 6.20. The maximum absolute atomic E-state index is 13.0. The van der Waals surface area contributed by atoms with E-state index in [0.29, 0.717) is 23.6 Å². The number of hydrogen-bond acceptors (Lipinski definition) is 4. The lowest BCUT2D eigenvalue weighted by molar-refractivity contribution is 0.308. The van der Waals surface area contributed by atoms with Crippen molar-refractivity contribution in [3.63, 3.8) is 0 Å². The number of ether oxygens (including phenoxy) is 1. The highest BCUT2D eigenvalue weighted by Crippen LogP contribution is 2.09. The Labute approximate surface area is 160 Å². The Balaban J connectivity index is 1.89. The summed E-state index contributed by atoms with van der Waals surface area (Å²) in [6.45, 7) is 2.71. The van der Waals surface area contributed by atoms with Crippen molar-refractivity contribution < 1.29 is 9.13 Å². The number of aromatic nitrogens is 3. The van der Waals surface area contributed by atoms with Crippen molar-refractivity contribution in [2.75, 3.05) is 6.61 Å². The molecule has 2 aromatic heterocycles. The molecular weight excluding hydrogens is 361 g/mol. The molecule has 0 spiro atoms. The normalized spacial score (nSPS) is 12.4. The number of aromatic amines is 2. The first kappa shape index (κ1) is 19.3. The summed E-state index contributed by atoms with van der Waals surface area (Å²) in [5.74, 6) is 0.274. The summed E-state index contributed by atoms with van der Waals surface area (Å²) in [4.78, 5) is 33.9. The quantitative estimate of drug-likeness (QED) is 0.633. The third kappa shape index (κ3) is 5.03. The van der Waals surface area contributed by atoms with Crippen LogP contribution < -0.4 is 26.6 Å². The fourth-order valence-electron chi connectivity index (χ4n) is 2.47. The smallest absolute Gasteiger partial charge is 0.272 e. The van der Waals surface area contributed by atoms with Gasteiger partial charge in [-0.25, -0.2) is 4.39 Å². The number of benzene rings is 1. The molecule has 2 N–H and O–H groups in total. The largest absolute Gasteiger partial charge is 0.492 e. The Hall–Kier alpha value is -3.48. The van der Waals surface area contributed by atoms with Gasteiger partial charge in [0.2, 0.25) is 0 Å². The monoisotopic (exact) mass is 381 g/mol. The Bertz CT molecular complexity index is 1160. The van der Waals surface area contributed by atoms with Gasteiger partial charge < -0.3 is 14.7 Å². The zero-order valence-corrected chi connectivity index (χ0v) is 15.4. The fraction of sp³-hybridized carbons (Fsp3) is 0.190. The second-order valence-corrected chi connectivity index (χ2v) is 6.20. The molecule has 2 heterocycles. The summed E-state index contributed by atoms with van der Waals surface area (Å²) in [6.07, 6.45) is 6.54. The van der Waals surface area contributed by atoms with Gasteiger partial charge >= 0.3 is 0 Å². The first-order chi connectivity index (χ1) is 13.5. The van der Waals surface area contributed by atoms with Crippen LogP contribution in [0.15, 0.2) is 52.2 Å². The summed E-state index contributed by atoms with van der Waals surface area (Å²) < 4.78 is 18.5. The first-order valence-electron chi connectivity index (χ1n) is 8.95. The van der Waals surface area contributed by atoms with Crippen LogP contribution in [0.4, 0.5) is 4.39 Å². The first-order valence-corrected chi connectivity index (χ1v) is 8.95. The van der Waals surface area contributed by atoms with Crippen LogP contribution in [0.5, 0.6) is 5.75 Å². The molecule has 144 valence electrons. The zero-order valence-electron chi connectivity index (χ0n) is 15.4. The number of unbranched alkanes of at least 4 members (excludes halogenated alkanes) is 1. The van der Waals surface area contributed by atoms with E-state index >= 15 is 0 Å². The van der Waals surface area contributed by atoms with Crippen LogP contribution in [0, 0.1) is 5.82 Å². The van der Waals surface area contributed by atoms with Gasteiger partial charge in [-0.2, -0.15) is 0 Å². The van der Waals surface area contributed by atoms with E-state index in [1.165, 1.54) is 36.4 Å². The highest BCUT2D eigenvalue weighted by molar-refractivity contribution is 5.48. The highest BCUT2D eigenvalue weighted by Gasteiger charge is 1.99. The Morgan fingerprint density at radius 3 is 2.29 bits per heavy atom. The lowest BCUT2D eigenvalue weighted by Crippen LogP contribution is -2.46. The van der Waals surface area contributed by atoms with Gasteiger partial charge in [-0.05, 0) is 48.4 Å². The molecule has 7 heteroatoms. The SMILES string of the molecule is CCCCOc1ccc(/C=c2/[nH]c(=O)/c(=C\c3ccc(F)cc3)[nH]c2=O)nc1. The van der Waals surface area contributed by atoms with Gasteiger partial charge in [0.25, 0.3) is 11.1 Å². The highest BCUT2D eigenvalue weighted by atomic mass is 19.1. The molecule has 0 aliphatic carbocycles. The van der Waals surface area contributed by atoms with Crippen LogP contribution in [0.1, 0.15) is 31.0 Å². The molecular formula is C21H20FN3O3. The van der Waals surface area contributed by atoms with Gasteiger partial charge in [0.05, 0.1) is 18.5 Å². The van der Waals surface area contributed by atoms with E-state index in [9.17, 15) is 14.0 Å². The third-order valence-electron chi connectivity index (χ3n) is 3.98. The molecule has 0 fully saturated rings. The lowest BCUT2D eigenvalue weighted by atomic mass is 10.2. The summed E-state index contributed by atoms with van der Waals surface area (Å²) in [7, 11) is 0. The maximum atomic E-state index is 13.0. The van der Waals surface area contributed by atoms with Crippen LogP contribution in [0.2, 0.25) is 0 Å². The molecule has 3 rings (SSSR count). The molecule has 0 unspecified atom stereocenters. The summed E-state index contributed by atoms with van der Waals surface area (Å²) >= 11 is 0. The van der Waals surface area contributed by atoms with Gasteiger partial charge in [0.15, 0.2) is 0 Å². The Morgan fingerprint density at radius 2 is 1.68 bits per heavy atom. The van der Waals surface area contributed by atoms with E-state index in [2.05, 4.69) is 21.9 Å². The number of nitrogens with zero attached hydrogens (tertiary/aromatic N) is 1. The van der Waals surface area contributed by atoms with Crippen molar-refractivity contribution in [1.82, 2.24) is 15.0 Å². The number of hydrogen-bond donors (Lipinski definition) is 2. The molecule has 0 radical (unpaired) electrons. The van der Waals surface area contributed by atoms with Crippen molar-refractivity contribution in [3.8, 4) is 5.75 Å². The van der Waals surface area contributed by atoms with E-state index < -0.39 is 11.1 Å². The van der Waals surface area contributed by atoms with E-state index in [4.69, 9.17) is 4.74 Å². The average Bonchev–Trinajstić information content (AvgIpc) is 2.69. The van der Waals surface area contributed by atoms with Crippen molar-refractivity contribution >= 4 is 12.2 Å². The van der Waals surface area contributed by atoms with E-state index in [1.807, 2.05) is 0 Å². The molecule has 0 bridgehead atoms. The van der Waals surface area contributed by atoms with E-state index in [1.54, 1.807) is 18.3 Å². The Morgan fingerprint density at radius 1 is 1.00 bits per heavy atom. The number of rotatable bonds is 6. The van der Waals surface area contributed by atoms with Gasteiger partial charge in [-0.3, -0.25) is 14.6 Å². The van der Waals surface area contributed by atoms with Crippen LogP contribution >= 0.6 is 0 Å². The Kier molecular flexibility index (Phi) is 6.16. The van der Waals surface area contributed by atoms with Crippen molar-refractivity contribution in [3.05, 3.63) is 91.1 Å². The number of pyridine rings is 1. The van der Waals surface area contributed by atoms with Gasteiger partial charge in [-0.1, -0.05) is 25.5 Å². The van der Waals surface area contributed by atoms with Crippen molar-refractivity contribution in [2.24, 2.45) is 0 Å². The maximum Gasteiger partial charge on any atom is 0.272 e. The van der Waals surface area contributed by atoms with Crippen LogP contribution in [0.25, 0.3) is 12.2 Å². The standard InChI is InChI=1S/C21H20FN3O3/c1-2-3-10-28-17-9-8-16(23-13-17)12-19-21(27)24-18(20(26)25-19)11-14-4-6-15(22)7-5-14/h4-9,11-13H,2-3,10H2,1H3,(H,24,27)(H,25,26)/b18-11+,19-12+. The van der Waals surface area contributed by atoms with Crippen LogP contribution in [0.3, 0.4) is 0 Å². The van der Waals surface area contributed by atoms with E-state index in [0.717, 1.165) is 12.8 Å². The molecule has 1 aromatic carbocycles. The molecule has 0 aliphatic heterocycles. The third-order valence-corrected chi connectivity index (χ3v) is 3.98. The number of halogens is 1.